The Kier molecular flexibility index (Phi) is 3.67. The topological polar surface area (TPSA) is 27.6 Å². The zero-order chi connectivity index (χ0) is 13.1. The summed E-state index contributed by atoms with van der Waals surface area (Å²) in [4.78, 5) is 6.56. The first-order valence-electron chi connectivity index (χ1n) is 7.18. The molecular weight excluding hydrogens is 241 g/mol. The molecule has 0 atom stereocenters. The van der Waals surface area contributed by atoms with Crippen LogP contribution in [0.2, 0.25) is 0 Å². The lowest BCUT2D eigenvalue weighted by Crippen LogP contribution is -2.31. The third-order valence-electron chi connectivity index (χ3n) is 3.82. The summed E-state index contributed by atoms with van der Waals surface area (Å²) in [6.45, 7) is 3.69. The number of piperidine rings is 1. The fraction of sp³-hybridized carbons (Fsp3) is 0.533. The highest BCUT2D eigenvalue weighted by atomic mass is 19.1. The second kappa shape index (κ2) is 5.59. The van der Waals surface area contributed by atoms with Gasteiger partial charge in [0.05, 0.1) is 5.69 Å². The number of hydrogen-bond donors (Lipinski definition) is 1. The van der Waals surface area contributed by atoms with Gasteiger partial charge in [-0.15, -0.1) is 0 Å². The molecule has 3 nitrogen and oxygen atoms in total. The van der Waals surface area contributed by atoms with Gasteiger partial charge in [-0.3, -0.25) is 4.99 Å². The van der Waals surface area contributed by atoms with Crippen LogP contribution in [0.5, 0.6) is 0 Å². The lowest BCUT2D eigenvalue weighted by Gasteiger charge is -2.29. The molecule has 0 spiro atoms. The van der Waals surface area contributed by atoms with Gasteiger partial charge in [0.2, 0.25) is 0 Å². The third kappa shape index (κ3) is 2.72. The quantitative estimate of drug-likeness (QED) is 0.886. The van der Waals surface area contributed by atoms with Crippen molar-refractivity contribution in [2.75, 3.05) is 31.1 Å². The largest absolute Gasteiger partial charge is 0.370 e. The monoisotopic (exact) mass is 261 g/mol. The van der Waals surface area contributed by atoms with Gasteiger partial charge in [-0.05, 0) is 43.9 Å². The summed E-state index contributed by atoms with van der Waals surface area (Å²) in [5.41, 5.74) is 1.60. The van der Waals surface area contributed by atoms with Crippen molar-refractivity contribution >= 4 is 11.5 Å². The normalized spacial score (nSPS) is 19.8. The van der Waals surface area contributed by atoms with Crippen molar-refractivity contribution in [3.05, 3.63) is 29.6 Å². The van der Waals surface area contributed by atoms with Gasteiger partial charge in [0, 0.05) is 31.7 Å². The Morgan fingerprint density at radius 1 is 1.11 bits per heavy atom. The van der Waals surface area contributed by atoms with Gasteiger partial charge in [0.15, 0.2) is 0 Å². The molecular formula is C15H20FN3. The van der Waals surface area contributed by atoms with Gasteiger partial charge in [0.25, 0.3) is 0 Å². The van der Waals surface area contributed by atoms with Crippen LogP contribution < -0.4 is 10.2 Å². The molecule has 0 saturated carbocycles. The minimum atomic E-state index is -0.130. The second-order valence-electron chi connectivity index (χ2n) is 5.22. The van der Waals surface area contributed by atoms with E-state index >= 15 is 0 Å². The van der Waals surface area contributed by atoms with E-state index in [9.17, 15) is 4.39 Å². The zero-order valence-corrected chi connectivity index (χ0v) is 11.2. The maximum atomic E-state index is 14.3. The molecule has 1 aromatic rings. The van der Waals surface area contributed by atoms with Crippen molar-refractivity contribution in [3.8, 4) is 0 Å². The van der Waals surface area contributed by atoms with E-state index in [-0.39, 0.29) is 5.82 Å². The summed E-state index contributed by atoms with van der Waals surface area (Å²) in [5.74, 6) is 0.699. The minimum absolute atomic E-state index is 0.130. The predicted molar refractivity (Wildman–Crippen MR) is 76.5 cm³/mol. The van der Waals surface area contributed by atoms with Crippen LogP contribution in [-0.4, -0.2) is 32.0 Å². The molecule has 0 radical (unpaired) electrons. The lowest BCUT2D eigenvalue weighted by atomic mass is 10.1. The highest BCUT2D eigenvalue weighted by Crippen LogP contribution is 2.24. The number of benzene rings is 1. The minimum Gasteiger partial charge on any atom is -0.370 e. The fourth-order valence-electron chi connectivity index (χ4n) is 2.77. The molecule has 4 heteroatoms. The van der Waals surface area contributed by atoms with Gasteiger partial charge in [-0.2, -0.15) is 0 Å². The molecule has 1 aromatic carbocycles. The standard InChI is InChI=1S/C15H20FN3/c16-13-11-12(15-17-7-4-8-18-15)5-6-14(13)19-9-2-1-3-10-19/h5-6,11H,1-4,7-10H2,(H,17,18). The Hall–Kier alpha value is -1.58. The van der Waals surface area contributed by atoms with Crippen molar-refractivity contribution in [3.63, 3.8) is 0 Å². The van der Waals surface area contributed by atoms with Crippen molar-refractivity contribution in [1.29, 1.82) is 0 Å². The van der Waals surface area contributed by atoms with Gasteiger partial charge in [-0.1, -0.05) is 0 Å². The lowest BCUT2D eigenvalue weighted by molar-refractivity contribution is 0.557. The molecule has 0 aromatic heterocycles. The molecule has 102 valence electrons. The summed E-state index contributed by atoms with van der Waals surface area (Å²) >= 11 is 0. The Morgan fingerprint density at radius 3 is 2.63 bits per heavy atom. The van der Waals surface area contributed by atoms with Gasteiger partial charge in [-0.25, -0.2) is 4.39 Å². The van der Waals surface area contributed by atoms with Crippen LogP contribution >= 0.6 is 0 Å². The number of rotatable bonds is 2. The van der Waals surface area contributed by atoms with E-state index in [0.717, 1.165) is 62.5 Å². The van der Waals surface area contributed by atoms with Crippen molar-refractivity contribution in [1.82, 2.24) is 5.32 Å². The van der Waals surface area contributed by atoms with Crippen LogP contribution in [0.4, 0.5) is 10.1 Å². The van der Waals surface area contributed by atoms with Crippen molar-refractivity contribution in [2.24, 2.45) is 4.99 Å². The Labute approximate surface area is 113 Å². The smallest absolute Gasteiger partial charge is 0.147 e. The van der Waals surface area contributed by atoms with E-state index in [1.807, 2.05) is 12.1 Å². The Bertz CT molecular complexity index is 478. The molecule has 1 saturated heterocycles. The SMILES string of the molecule is Fc1cc(C2=NCCCN2)ccc1N1CCCCC1. The maximum absolute atomic E-state index is 14.3. The number of nitrogens with zero attached hydrogens (tertiary/aromatic N) is 2. The van der Waals surface area contributed by atoms with Gasteiger partial charge in [0.1, 0.15) is 11.7 Å². The van der Waals surface area contributed by atoms with Crippen LogP contribution in [-0.2, 0) is 0 Å². The summed E-state index contributed by atoms with van der Waals surface area (Å²) in [6, 6.07) is 5.49. The Balaban J connectivity index is 1.82. The molecule has 0 unspecified atom stereocenters. The third-order valence-corrected chi connectivity index (χ3v) is 3.82. The van der Waals surface area contributed by atoms with E-state index < -0.39 is 0 Å². The maximum Gasteiger partial charge on any atom is 0.147 e. The molecule has 2 heterocycles. The molecule has 1 N–H and O–H groups in total. The zero-order valence-electron chi connectivity index (χ0n) is 11.2. The number of anilines is 1. The number of hydrogen-bond acceptors (Lipinski definition) is 3. The highest BCUT2D eigenvalue weighted by molar-refractivity contribution is 5.99. The average Bonchev–Trinajstić information content (AvgIpc) is 2.49. The van der Waals surface area contributed by atoms with Crippen molar-refractivity contribution in [2.45, 2.75) is 25.7 Å². The summed E-state index contributed by atoms with van der Waals surface area (Å²) in [7, 11) is 0. The molecule has 0 amide bonds. The van der Waals surface area contributed by atoms with Crippen LogP contribution in [0.3, 0.4) is 0 Å². The van der Waals surface area contributed by atoms with Crippen molar-refractivity contribution < 1.29 is 4.39 Å². The highest BCUT2D eigenvalue weighted by Gasteiger charge is 2.16. The van der Waals surface area contributed by atoms with E-state index in [0.29, 0.717) is 0 Å². The molecule has 19 heavy (non-hydrogen) atoms. The average molecular weight is 261 g/mol. The van der Waals surface area contributed by atoms with Gasteiger partial charge < -0.3 is 10.2 Å². The summed E-state index contributed by atoms with van der Waals surface area (Å²) in [5, 5.41) is 3.23. The number of amidine groups is 1. The first-order valence-corrected chi connectivity index (χ1v) is 7.18. The first-order chi connectivity index (χ1) is 9.34. The molecule has 2 aliphatic rings. The van der Waals surface area contributed by atoms with Crippen LogP contribution in [0.1, 0.15) is 31.2 Å². The second-order valence-corrected chi connectivity index (χ2v) is 5.22. The molecule has 0 bridgehead atoms. The number of halogens is 1. The number of nitrogens with one attached hydrogen (secondary N) is 1. The molecule has 1 fully saturated rings. The van der Waals surface area contributed by atoms with Gasteiger partial charge >= 0.3 is 0 Å². The van der Waals surface area contributed by atoms with Crippen LogP contribution in [0, 0.1) is 5.82 Å². The number of aliphatic imine (C=N–C) groups is 1. The van der Waals surface area contributed by atoms with Crippen LogP contribution in [0.15, 0.2) is 23.2 Å². The first kappa shape index (κ1) is 12.5. The summed E-state index contributed by atoms with van der Waals surface area (Å²) in [6.07, 6.45) is 4.64. The van der Waals surface area contributed by atoms with E-state index in [1.54, 1.807) is 6.07 Å². The van der Waals surface area contributed by atoms with E-state index in [2.05, 4.69) is 15.2 Å². The molecule has 3 rings (SSSR count). The van der Waals surface area contributed by atoms with E-state index in [4.69, 9.17) is 0 Å². The summed E-state index contributed by atoms with van der Waals surface area (Å²) < 4.78 is 14.3. The predicted octanol–water partition coefficient (Wildman–Crippen LogP) is 2.56. The van der Waals surface area contributed by atoms with Crippen LogP contribution in [0.25, 0.3) is 0 Å². The molecule has 2 aliphatic heterocycles. The fourth-order valence-corrected chi connectivity index (χ4v) is 2.77. The van der Waals surface area contributed by atoms with E-state index in [1.165, 1.54) is 6.42 Å². The Morgan fingerprint density at radius 2 is 1.95 bits per heavy atom. The molecule has 0 aliphatic carbocycles.